The van der Waals surface area contributed by atoms with Gasteiger partial charge in [-0.2, -0.15) is 0 Å². The maximum absolute atomic E-state index is 12.2. The molecular weight excluding hydrogens is 422 g/mol. The minimum absolute atomic E-state index is 0.212. The van der Waals surface area contributed by atoms with Crippen LogP contribution in [0.5, 0.6) is 0 Å². The summed E-state index contributed by atoms with van der Waals surface area (Å²) in [5, 5.41) is 10.5. The van der Waals surface area contributed by atoms with E-state index in [0.29, 0.717) is 25.6 Å². The second-order valence-electron chi connectivity index (χ2n) is 8.11. The van der Waals surface area contributed by atoms with Gasteiger partial charge in [-0.1, -0.05) is 0 Å². The summed E-state index contributed by atoms with van der Waals surface area (Å²) in [6, 6.07) is 11.4. The van der Waals surface area contributed by atoms with Gasteiger partial charge in [0.25, 0.3) is 0 Å². The number of benzene rings is 1. The lowest BCUT2D eigenvalue weighted by atomic mass is 10.2. The summed E-state index contributed by atoms with van der Waals surface area (Å²) in [5.41, 5.74) is 2.59. The van der Waals surface area contributed by atoms with Crippen molar-refractivity contribution in [3.8, 4) is 11.4 Å². The highest BCUT2D eigenvalue weighted by Crippen LogP contribution is 2.25. The Bertz CT molecular complexity index is 1070. The van der Waals surface area contributed by atoms with Gasteiger partial charge in [0, 0.05) is 56.7 Å². The molecule has 174 valence electrons. The molecule has 10 nitrogen and oxygen atoms in total. The lowest BCUT2D eigenvalue weighted by Gasteiger charge is -2.28. The van der Waals surface area contributed by atoms with Gasteiger partial charge in [0.1, 0.15) is 5.52 Å². The Morgan fingerprint density at radius 2 is 1.70 bits per heavy atom. The summed E-state index contributed by atoms with van der Waals surface area (Å²) in [5.74, 6) is 1.55. The number of amides is 2. The number of nitrogens with zero attached hydrogens (tertiary/aromatic N) is 5. The first-order valence-corrected chi connectivity index (χ1v) is 11.4. The number of carbonyl (C=O) groups excluding carboxylic acids is 1. The van der Waals surface area contributed by atoms with Crippen LogP contribution < -0.4 is 15.5 Å². The van der Waals surface area contributed by atoms with Crippen molar-refractivity contribution < 1.29 is 14.3 Å². The molecule has 0 bridgehead atoms. The summed E-state index contributed by atoms with van der Waals surface area (Å²) in [7, 11) is 0. The second kappa shape index (κ2) is 10.2. The summed E-state index contributed by atoms with van der Waals surface area (Å²) >= 11 is 0. The average molecular weight is 452 g/mol. The van der Waals surface area contributed by atoms with Crippen molar-refractivity contribution in [1.29, 1.82) is 0 Å². The molecule has 0 atom stereocenters. The molecule has 2 N–H and O–H groups in total. The van der Waals surface area contributed by atoms with E-state index in [4.69, 9.17) is 14.5 Å². The number of carbonyl (C=O) groups is 1. The average Bonchev–Trinajstić information content (AvgIpc) is 3.34. The predicted octanol–water partition coefficient (Wildman–Crippen LogP) is 1.69. The lowest BCUT2D eigenvalue weighted by Crippen LogP contribution is -2.42. The van der Waals surface area contributed by atoms with E-state index in [1.165, 1.54) is 0 Å². The molecule has 10 heteroatoms. The van der Waals surface area contributed by atoms with E-state index in [1.54, 1.807) is 0 Å². The Morgan fingerprint density at radius 3 is 2.45 bits per heavy atom. The summed E-state index contributed by atoms with van der Waals surface area (Å²) in [6.45, 7) is 7.76. The number of aromatic nitrogens is 3. The zero-order valence-electron chi connectivity index (χ0n) is 18.6. The van der Waals surface area contributed by atoms with Crippen LogP contribution in [0.15, 0.2) is 42.6 Å². The third kappa shape index (κ3) is 5.24. The van der Waals surface area contributed by atoms with Gasteiger partial charge in [0.15, 0.2) is 11.6 Å². The van der Waals surface area contributed by atoms with E-state index in [2.05, 4.69) is 25.5 Å². The molecule has 2 amide bonds. The smallest absolute Gasteiger partial charge is 0.319 e. The van der Waals surface area contributed by atoms with Crippen LogP contribution in [0.3, 0.4) is 0 Å². The van der Waals surface area contributed by atoms with Crippen LogP contribution in [0.1, 0.15) is 0 Å². The molecule has 4 heterocycles. The largest absolute Gasteiger partial charge is 0.379 e. The Kier molecular flexibility index (Phi) is 6.66. The van der Waals surface area contributed by atoms with Gasteiger partial charge in [-0.25, -0.2) is 14.3 Å². The first-order valence-electron chi connectivity index (χ1n) is 11.4. The van der Waals surface area contributed by atoms with E-state index in [9.17, 15) is 4.79 Å². The number of morpholine rings is 2. The van der Waals surface area contributed by atoms with Crippen LogP contribution in [-0.4, -0.2) is 91.2 Å². The summed E-state index contributed by atoms with van der Waals surface area (Å²) in [6.07, 6.45) is 1.93. The standard InChI is InChI=1S/C23H29N7O3/c31-23(24-7-9-28-10-14-32-15-11-28)25-19-5-3-18(4-6-19)21-26-22(29-12-16-33-17-13-29)20-2-1-8-30(20)27-21/h1-6,8H,7,9-17H2,(H2,24,25,31). The topological polar surface area (TPSA) is 96.3 Å². The highest BCUT2D eigenvalue weighted by Gasteiger charge is 2.18. The Morgan fingerprint density at radius 1 is 0.970 bits per heavy atom. The molecule has 1 aromatic carbocycles. The van der Waals surface area contributed by atoms with Crippen LogP contribution in [-0.2, 0) is 9.47 Å². The molecule has 0 spiro atoms. The van der Waals surface area contributed by atoms with Crippen LogP contribution in [0.25, 0.3) is 16.9 Å². The number of hydrogen-bond donors (Lipinski definition) is 2. The van der Waals surface area contributed by atoms with Crippen molar-refractivity contribution in [1.82, 2.24) is 24.8 Å². The predicted molar refractivity (Wildman–Crippen MR) is 126 cm³/mol. The van der Waals surface area contributed by atoms with Crippen molar-refractivity contribution in [3.05, 3.63) is 42.6 Å². The molecule has 5 rings (SSSR count). The van der Waals surface area contributed by atoms with Gasteiger partial charge in [-0.3, -0.25) is 4.90 Å². The van der Waals surface area contributed by atoms with Gasteiger partial charge in [0.2, 0.25) is 0 Å². The number of urea groups is 1. The fourth-order valence-corrected chi connectivity index (χ4v) is 4.08. The lowest BCUT2D eigenvalue weighted by molar-refractivity contribution is 0.0388. The maximum atomic E-state index is 12.2. The van der Waals surface area contributed by atoms with Crippen molar-refractivity contribution in [2.75, 3.05) is 75.9 Å². The SMILES string of the molecule is O=C(NCCN1CCOCC1)Nc1ccc(-c2nc(N3CCOCC3)c3cccn3n2)cc1. The number of anilines is 2. The molecule has 2 fully saturated rings. The number of fused-ring (bicyclic) bond motifs is 1. The highest BCUT2D eigenvalue weighted by molar-refractivity contribution is 5.89. The number of ether oxygens (including phenoxy) is 2. The van der Waals surface area contributed by atoms with E-state index in [0.717, 1.165) is 68.5 Å². The molecule has 2 aliphatic rings. The first-order chi connectivity index (χ1) is 16.3. The van der Waals surface area contributed by atoms with E-state index in [1.807, 2.05) is 47.1 Å². The van der Waals surface area contributed by atoms with Crippen molar-refractivity contribution in [2.24, 2.45) is 0 Å². The molecule has 2 aliphatic heterocycles. The van der Waals surface area contributed by atoms with E-state index in [-0.39, 0.29) is 6.03 Å². The van der Waals surface area contributed by atoms with Crippen LogP contribution in [0.2, 0.25) is 0 Å². The molecule has 0 unspecified atom stereocenters. The third-order valence-corrected chi connectivity index (χ3v) is 5.90. The van der Waals surface area contributed by atoms with Crippen molar-refractivity contribution in [3.63, 3.8) is 0 Å². The van der Waals surface area contributed by atoms with Gasteiger partial charge >= 0.3 is 6.03 Å². The van der Waals surface area contributed by atoms with Gasteiger partial charge in [-0.05, 0) is 36.4 Å². The summed E-state index contributed by atoms with van der Waals surface area (Å²) < 4.78 is 12.7. The minimum atomic E-state index is -0.212. The zero-order valence-corrected chi connectivity index (χ0v) is 18.6. The third-order valence-electron chi connectivity index (χ3n) is 5.90. The molecule has 0 saturated carbocycles. The number of rotatable bonds is 6. The van der Waals surface area contributed by atoms with Gasteiger partial charge in [-0.15, -0.1) is 5.10 Å². The molecule has 2 aromatic heterocycles. The van der Waals surface area contributed by atoms with E-state index < -0.39 is 0 Å². The Balaban J connectivity index is 1.23. The zero-order chi connectivity index (χ0) is 22.5. The summed E-state index contributed by atoms with van der Waals surface area (Å²) in [4.78, 5) is 21.6. The molecule has 33 heavy (non-hydrogen) atoms. The number of hydrogen-bond acceptors (Lipinski definition) is 7. The highest BCUT2D eigenvalue weighted by atomic mass is 16.5. The normalized spacial score (nSPS) is 17.3. The van der Waals surface area contributed by atoms with Crippen molar-refractivity contribution in [2.45, 2.75) is 0 Å². The van der Waals surface area contributed by atoms with Crippen LogP contribution in [0, 0.1) is 0 Å². The Hall–Kier alpha value is -3.21. The monoisotopic (exact) mass is 451 g/mol. The second-order valence-corrected chi connectivity index (χ2v) is 8.11. The maximum Gasteiger partial charge on any atom is 0.319 e. The van der Waals surface area contributed by atoms with Gasteiger partial charge < -0.3 is 25.0 Å². The molecule has 2 saturated heterocycles. The molecule has 0 radical (unpaired) electrons. The van der Waals surface area contributed by atoms with Crippen LogP contribution >= 0.6 is 0 Å². The number of nitrogens with one attached hydrogen (secondary N) is 2. The minimum Gasteiger partial charge on any atom is -0.379 e. The quantitative estimate of drug-likeness (QED) is 0.589. The van der Waals surface area contributed by atoms with E-state index >= 15 is 0 Å². The Labute approximate surface area is 192 Å². The first kappa shape index (κ1) is 21.6. The molecule has 0 aliphatic carbocycles. The molecule has 3 aromatic rings. The fraction of sp³-hybridized carbons (Fsp3) is 0.435. The fourth-order valence-electron chi connectivity index (χ4n) is 4.08. The van der Waals surface area contributed by atoms with Crippen molar-refractivity contribution >= 4 is 23.1 Å². The van der Waals surface area contributed by atoms with Crippen LogP contribution in [0.4, 0.5) is 16.3 Å². The van der Waals surface area contributed by atoms with Gasteiger partial charge in [0.05, 0.1) is 26.4 Å². The molecular formula is C23H29N7O3.